The molecule has 1 fully saturated rings. The number of nitrogens with zero attached hydrogens (tertiary/aromatic N) is 5. The van der Waals surface area contributed by atoms with Crippen LogP contribution in [-0.4, -0.2) is 45.0 Å². The number of aromatic nitrogens is 3. The topological polar surface area (TPSA) is 54.3 Å². The van der Waals surface area contributed by atoms with Crippen LogP contribution in [0.15, 0.2) is 61.1 Å². The molecule has 0 bridgehead atoms. The molecule has 5 heterocycles. The van der Waals surface area contributed by atoms with E-state index >= 15 is 0 Å². The second-order valence-electron chi connectivity index (χ2n) is 8.67. The van der Waals surface area contributed by atoms with Crippen molar-refractivity contribution < 1.29 is 4.79 Å². The predicted molar refractivity (Wildman–Crippen MR) is 117 cm³/mol. The number of carbonyl (C=O) groups is 1. The molecule has 1 amide bonds. The Morgan fingerprint density at radius 1 is 1.10 bits per heavy atom. The number of fused-ring (bicyclic) bond motifs is 4. The summed E-state index contributed by atoms with van der Waals surface area (Å²) in [4.78, 5) is 26.6. The molecule has 3 aromatic rings. The highest BCUT2D eigenvalue weighted by Crippen LogP contribution is 2.47. The summed E-state index contributed by atoms with van der Waals surface area (Å²) in [6.45, 7) is 6.82. The van der Waals surface area contributed by atoms with Gasteiger partial charge in [0.1, 0.15) is 11.2 Å². The molecule has 0 aromatic carbocycles. The number of carbonyl (C=O) groups excluding carboxylic acids is 1. The van der Waals surface area contributed by atoms with E-state index in [9.17, 15) is 4.79 Å². The lowest BCUT2D eigenvalue weighted by Crippen LogP contribution is -2.53. The van der Waals surface area contributed by atoms with Gasteiger partial charge in [0.2, 0.25) is 0 Å². The Morgan fingerprint density at radius 3 is 2.77 bits per heavy atom. The highest BCUT2D eigenvalue weighted by Gasteiger charge is 2.50. The first-order chi connectivity index (χ1) is 14.6. The van der Waals surface area contributed by atoms with Gasteiger partial charge in [-0.25, -0.2) is 4.98 Å². The van der Waals surface area contributed by atoms with Crippen LogP contribution in [0.25, 0.3) is 5.82 Å². The summed E-state index contributed by atoms with van der Waals surface area (Å²) in [6.07, 6.45) is 7.60. The molecule has 0 N–H and O–H groups in total. The van der Waals surface area contributed by atoms with E-state index in [1.54, 1.807) is 12.3 Å². The van der Waals surface area contributed by atoms with Gasteiger partial charge in [-0.1, -0.05) is 19.9 Å². The average Bonchev–Trinajstić information content (AvgIpc) is 3.43. The number of amides is 1. The highest BCUT2D eigenvalue weighted by atomic mass is 16.2. The van der Waals surface area contributed by atoms with Crippen LogP contribution in [0.2, 0.25) is 0 Å². The third-order valence-corrected chi connectivity index (χ3v) is 6.38. The maximum absolute atomic E-state index is 13.2. The van der Waals surface area contributed by atoms with E-state index in [-0.39, 0.29) is 11.4 Å². The first kappa shape index (κ1) is 18.9. The predicted octanol–water partition coefficient (Wildman–Crippen LogP) is 3.87. The van der Waals surface area contributed by atoms with Crippen molar-refractivity contribution in [2.75, 3.05) is 24.5 Å². The van der Waals surface area contributed by atoms with E-state index in [4.69, 9.17) is 4.98 Å². The number of hydrogen-bond acceptors (Lipinski definition) is 4. The van der Waals surface area contributed by atoms with Gasteiger partial charge in [0.05, 0.1) is 11.4 Å². The van der Waals surface area contributed by atoms with Crippen LogP contribution in [0, 0.1) is 5.92 Å². The first-order valence-electron chi connectivity index (χ1n) is 10.7. The summed E-state index contributed by atoms with van der Waals surface area (Å²) in [5, 5.41) is 0. The zero-order valence-electron chi connectivity index (χ0n) is 17.5. The van der Waals surface area contributed by atoms with Gasteiger partial charge in [-0.3, -0.25) is 9.78 Å². The number of pyridine rings is 2. The normalized spacial score (nSPS) is 20.0. The Labute approximate surface area is 177 Å². The number of likely N-dealkylation sites (tertiary alicyclic amines) is 1. The minimum atomic E-state index is -0.251. The van der Waals surface area contributed by atoms with Crippen LogP contribution in [0.3, 0.4) is 0 Å². The maximum Gasteiger partial charge on any atom is 0.272 e. The molecule has 6 heteroatoms. The Bertz CT molecular complexity index is 1060. The summed E-state index contributed by atoms with van der Waals surface area (Å²) >= 11 is 0. The Balaban J connectivity index is 1.56. The van der Waals surface area contributed by atoms with Crippen LogP contribution < -0.4 is 4.90 Å². The molecule has 3 aromatic heterocycles. The van der Waals surface area contributed by atoms with Gasteiger partial charge in [-0.05, 0) is 55.2 Å². The van der Waals surface area contributed by atoms with Gasteiger partial charge in [0.25, 0.3) is 5.91 Å². The van der Waals surface area contributed by atoms with Crippen molar-refractivity contribution >= 4 is 11.6 Å². The highest BCUT2D eigenvalue weighted by molar-refractivity contribution is 5.92. The van der Waals surface area contributed by atoms with Crippen LogP contribution >= 0.6 is 0 Å². The van der Waals surface area contributed by atoms with Crippen molar-refractivity contribution in [3.05, 3.63) is 72.4 Å². The van der Waals surface area contributed by atoms with Gasteiger partial charge in [-0.2, -0.15) is 0 Å². The second-order valence-corrected chi connectivity index (χ2v) is 8.67. The monoisotopic (exact) mass is 401 g/mol. The van der Waals surface area contributed by atoms with Crippen molar-refractivity contribution in [1.29, 1.82) is 0 Å². The average molecular weight is 402 g/mol. The quantitative estimate of drug-likeness (QED) is 0.666. The van der Waals surface area contributed by atoms with Gasteiger partial charge >= 0.3 is 0 Å². The second kappa shape index (κ2) is 7.27. The Kier molecular flexibility index (Phi) is 4.57. The summed E-state index contributed by atoms with van der Waals surface area (Å²) in [5.41, 5.74) is 2.62. The summed E-state index contributed by atoms with van der Waals surface area (Å²) in [7, 11) is 0. The third kappa shape index (κ3) is 2.90. The number of hydrogen-bond donors (Lipinski definition) is 0. The standard InChI is InChI=1S/C24H27N5O/c1-18(2)10-15-29-20-8-5-13-26-22(20)28-14-6-9-21(28)24(29)11-16-27(17-24)23(30)19-7-3-4-12-25-19/h3-9,12-14,18H,10-11,15-17H2,1-2H3. The molecule has 6 nitrogen and oxygen atoms in total. The van der Waals surface area contributed by atoms with Gasteiger partial charge in [0.15, 0.2) is 5.82 Å². The minimum Gasteiger partial charge on any atom is -0.355 e. The van der Waals surface area contributed by atoms with Gasteiger partial charge in [-0.15, -0.1) is 0 Å². The zero-order chi connectivity index (χ0) is 20.7. The lowest BCUT2D eigenvalue weighted by atomic mass is 9.88. The summed E-state index contributed by atoms with van der Waals surface area (Å²) in [6, 6.07) is 14.0. The van der Waals surface area contributed by atoms with Crippen molar-refractivity contribution in [3.8, 4) is 5.82 Å². The van der Waals surface area contributed by atoms with Crippen LogP contribution in [-0.2, 0) is 5.54 Å². The van der Waals surface area contributed by atoms with E-state index in [1.165, 1.54) is 5.69 Å². The maximum atomic E-state index is 13.2. The number of rotatable bonds is 4. The molecule has 1 spiro atoms. The molecule has 2 aliphatic heterocycles. The van der Waals surface area contributed by atoms with Gasteiger partial charge in [0, 0.05) is 38.2 Å². The lowest BCUT2D eigenvalue weighted by molar-refractivity contribution is 0.0776. The summed E-state index contributed by atoms with van der Waals surface area (Å²) in [5.74, 6) is 1.58. The molecule has 1 atom stereocenters. The van der Waals surface area contributed by atoms with Crippen molar-refractivity contribution in [1.82, 2.24) is 19.4 Å². The molecule has 154 valence electrons. The van der Waals surface area contributed by atoms with E-state index in [2.05, 4.69) is 52.7 Å². The van der Waals surface area contributed by atoms with Crippen molar-refractivity contribution in [2.45, 2.75) is 32.2 Å². The smallest absolute Gasteiger partial charge is 0.272 e. The number of anilines is 1. The van der Waals surface area contributed by atoms with Crippen LogP contribution in [0.5, 0.6) is 0 Å². The largest absolute Gasteiger partial charge is 0.355 e. The van der Waals surface area contributed by atoms with Crippen LogP contribution in [0.4, 0.5) is 5.69 Å². The van der Waals surface area contributed by atoms with E-state index in [0.717, 1.165) is 30.9 Å². The fourth-order valence-corrected chi connectivity index (χ4v) is 4.87. The lowest BCUT2D eigenvalue weighted by Gasteiger charge is -2.47. The zero-order valence-corrected chi connectivity index (χ0v) is 17.5. The summed E-state index contributed by atoms with van der Waals surface area (Å²) < 4.78 is 2.20. The molecule has 1 saturated heterocycles. The fraction of sp³-hybridized carbons (Fsp3) is 0.375. The van der Waals surface area contributed by atoms with E-state index in [0.29, 0.717) is 24.7 Å². The molecule has 1 unspecified atom stereocenters. The molecular weight excluding hydrogens is 374 g/mol. The Hall–Kier alpha value is -3.15. The molecule has 5 rings (SSSR count). The van der Waals surface area contributed by atoms with Crippen LogP contribution in [0.1, 0.15) is 42.9 Å². The van der Waals surface area contributed by atoms with E-state index in [1.807, 2.05) is 29.3 Å². The molecular formula is C24H27N5O. The SMILES string of the molecule is CC(C)CCN1c2cccnc2-n2cccc2C12CCN(C(=O)c1ccccn1)C2. The molecule has 2 aliphatic rings. The van der Waals surface area contributed by atoms with Crippen molar-refractivity contribution in [3.63, 3.8) is 0 Å². The molecule has 0 aliphatic carbocycles. The molecule has 0 radical (unpaired) electrons. The molecule has 0 saturated carbocycles. The third-order valence-electron chi connectivity index (χ3n) is 6.38. The van der Waals surface area contributed by atoms with Gasteiger partial charge < -0.3 is 14.4 Å². The fourth-order valence-electron chi connectivity index (χ4n) is 4.87. The first-order valence-corrected chi connectivity index (χ1v) is 10.7. The Morgan fingerprint density at radius 2 is 1.97 bits per heavy atom. The van der Waals surface area contributed by atoms with Crippen molar-refractivity contribution in [2.24, 2.45) is 5.92 Å². The van der Waals surface area contributed by atoms with E-state index < -0.39 is 0 Å². The molecule has 30 heavy (non-hydrogen) atoms. The minimum absolute atomic E-state index is 0.00590.